The summed E-state index contributed by atoms with van der Waals surface area (Å²) in [6.45, 7) is 5.00. The van der Waals surface area contributed by atoms with Gasteiger partial charge in [0.15, 0.2) is 0 Å². The van der Waals surface area contributed by atoms with Crippen molar-refractivity contribution in [2.45, 2.75) is 26.7 Å². The van der Waals surface area contributed by atoms with E-state index in [0.29, 0.717) is 16.1 Å². The summed E-state index contributed by atoms with van der Waals surface area (Å²) in [6.07, 6.45) is 0. The number of halogens is 1. The van der Waals surface area contributed by atoms with E-state index in [1.54, 1.807) is 13.8 Å². The zero-order valence-corrected chi connectivity index (χ0v) is 9.59. The van der Waals surface area contributed by atoms with Gasteiger partial charge in [-0.1, -0.05) is 11.6 Å². The Balaban J connectivity index is 3.42. The van der Waals surface area contributed by atoms with E-state index in [0.717, 1.165) is 5.56 Å². The molecule has 0 amide bonds. The molecule has 0 aliphatic rings. The van der Waals surface area contributed by atoms with Crippen LogP contribution in [0.3, 0.4) is 0 Å². The van der Waals surface area contributed by atoms with Crippen molar-refractivity contribution >= 4 is 17.6 Å². The van der Waals surface area contributed by atoms with Crippen LogP contribution in [0.2, 0.25) is 5.02 Å². The number of hydrogen-bond donors (Lipinski definition) is 2. The molecule has 0 fully saturated rings. The van der Waals surface area contributed by atoms with Crippen LogP contribution < -0.4 is 0 Å². The van der Waals surface area contributed by atoms with E-state index in [9.17, 15) is 9.90 Å². The molecule has 1 aromatic rings. The average Bonchev–Trinajstić information content (AvgIpc) is 2.14. The molecule has 0 radical (unpaired) electrons. The zero-order chi connectivity index (χ0) is 11.7. The number of aromatic hydroxyl groups is 1. The van der Waals surface area contributed by atoms with Gasteiger partial charge in [-0.3, -0.25) is 4.79 Å². The maximum atomic E-state index is 10.8. The van der Waals surface area contributed by atoms with Gasteiger partial charge < -0.3 is 10.2 Å². The van der Waals surface area contributed by atoms with Crippen molar-refractivity contribution < 1.29 is 15.0 Å². The lowest BCUT2D eigenvalue weighted by Crippen LogP contribution is -2.09. The molecule has 1 atom stereocenters. The second-order valence-electron chi connectivity index (χ2n) is 3.63. The predicted octanol–water partition coefficient (Wildman–Crippen LogP) is 2.85. The maximum absolute atomic E-state index is 10.8. The Kier molecular flexibility index (Phi) is 3.25. The highest BCUT2D eigenvalue weighted by Gasteiger charge is 2.22. The summed E-state index contributed by atoms with van der Waals surface area (Å²) in [5.74, 6) is -1.75. The molecule has 1 rings (SSSR count). The van der Waals surface area contributed by atoms with E-state index in [-0.39, 0.29) is 5.75 Å². The highest BCUT2D eigenvalue weighted by atomic mass is 35.5. The van der Waals surface area contributed by atoms with E-state index in [4.69, 9.17) is 16.7 Å². The zero-order valence-electron chi connectivity index (χ0n) is 8.84. The molecule has 0 spiro atoms. The molecule has 3 nitrogen and oxygen atoms in total. The number of phenols is 1. The molecule has 0 saturated carbocycles. The van der Waals surface area contributed by atoms with Crippen molar-refractivity contribution in [3.63, 3.8) is 0 Å². The molecule has 82 valence electrons. The van der Waals surface area contributed by atoms with Gasteiger partial charge in [-0.25, -0.2) is 0 Å². The minimum atomic E-state index is -0.978. The minimum absolute atomic E-state index is 0.00991. The largest absolute Gasteiger partial charge is 0.508 e. The highest BCUT2D eigenvalue weighted by molar-refractivity contribution is 6.32. The van der Waals surface area contributed by atoms with Crippen molar-refractivity contribution in [3.8, 4) is 5.75 Å². The predicted molar refractivity (Wildman–Crippen MR) is 58.6 cm³/mol. The first-order chi connectivity index (χ1) is 6.86. The molecular weight excluding hydrogens is 216 g/mol. The summed E-state index contributed by atoms with van der Waals surface area (Å²) >= 11 is 6.00. The standard InChI is InChI=1S/C11H13ClO3/c1-5-4-8(13)9(6(2)10(5)12)7(3)11(14)15/h4,7,13H,1-3H3,(H,14,15). The number of aliphatic carboxylic acids is 1. The molecule has 15 heavy (non-hydrogen) atoms. The van der Waals surface area contributed by atoms with Crippen LogP contribution in [0.25, 0.3) is 0 Å². The summed E-state index contributed by atoms with van der Waals surface area (Å²) in [7, 11) is 0. The summed E-state index contributed by atoms with van der Waals surface area (Å²) in [4.78, 5) is 10.8. The average molecular weight is 229 g/mol. The lowest BCUT2D eigenvalue weighted by Gasteiger charge is -2.15. The smallest absolute Gasteiger partial charge is 0.310 e. The number of aryl methyl sites for hydroxylation is 1. The van der Waals surface area contributed by atoms with Crippen LogP contribution >= 0.6 is 11.6 Å². The second kappa shape index (κ2) is 4.11. The van der Waals surface area contributed by atoms with Crippen LogP contribution in [0.5, 0.6) is 5.75 Å². The Morgan fingerprint density at radius 1 is 1.47 bits per heavy atom. The molecule has 0 heterocycles. The molecule has 1 aromatic carbocycles. The molecule has 4 heteroatoms. The number of hydrogen-bond acceptors (Lipinski definition) is 2. The summed E-state index contributed by atoms with van der Waals surface area (Å²) in [6, 6.07) is 1.49. The van der Waals surface area contributed by atoms with Crippen molar-refractivity contribution in [1.82, 2.24) is 0 Å². The molecule has 0 aliphatic carbocycles. The van der Waals surface area contributed by atoms with Crippen LogP contribution in [0.15, 0.2) is 6.07 Å². The van der Waals surface area contributed by atoms with Gasteiger partial charge in [0, 0.05) is 10.6 Å². The highest BCUT2D eigenvalue weighted by Crippen LogP contribution is 2.35. The third-order valence-corrected chi connectivity index (χ3v) is 3.09. The Morgan fingerprint density at radius 2 is 2.00 bits per heavy atom. The molecular formula is C11H13ClO3. The van der Waals surface area contributed by atoms with Crippen LogP contribution in [0.1, 0.15) is 29.5 Å². The van der Waals surface area contributed by atoms with Crippen molar-refractivity contribution in [1.29, 1.82) is 0 Å². The van der Waals surface area contributed by atoms with Gasteiger partial charge in [0.05, 0.1) is 5.92 Å². The number of carbonyl (C=O) groups is 1. The summed E-state index contributed by atoms with van der Waals surface area (Å²) < 4.78 is 0. The van der Waals surface area contributed by atoms with E-state index < -0.39 is 11.9 Å². The van der Waals surface area contributed by atoms with Gasteiger partial charge in [0.1, 0.15) is 5.75 Å². The van der Waals surface area contributed by atoms with Crippen molar-refractivity contribution in [3.05, 3.63) is 27.8 Å². The van der Waals surface area contributed by atoms with Crippen LogP contribution in [-0.4, -0.2) is 16.2 Å². The van der Waals surface area contributed by atoms with E-state index in [2.05, 4.69) is 0 Å². The third kappa shape index (κ3) is 2.07. The number of rotatable bonds is 2. The Morgan fingerprint density at radius 3 is 2.47 bits per heavy atom. The monoisotopic (exact) mass is 228 g/mol. The Bertz CT molecular complexity index is 413. The van der Waals surface area contributed by atoms with Crippen molar-refractivity contribution in [2.24, 2.45) is 0 Å². The van der Waals surface area contributed by atoms with Gasteiger partial charge in [-0.05, 0) is 38.0 Å². The Hall–Kier alpha value is -1.22. The minimum Gasteiger partial charge on any atom is -0.508 e. The first-order valence-electron chi connectivity index (χ1n) is 4.57. The second-order valence-corrected chi connectivity index (χ2v) is 4.00. The molecule has 1 unspecified atom stereocenters. The SMILES string of the molecule is Cc1cc(O)c(C(C)C(=O)O)c(C)c1Cl. The first kappa shape index (κ1) is 11.9. The quantitative estimate of drug-likeness (QED) is 0.818. The lowest BCUT2D eigenvalue weighted by atomic mass is 9.94. The fourth-order valence-electron chi connectivity index (χ4n) is 1.62. The molecule has 2 N–H and O–H groups in total. The fourth-order valence-corrected chi connectivity index (χ4v) is 1.78. The van der Waals surface area contributed by atoms with Crippen molar-refractivity contribution in [2.75, 3.05) is 0 Å². The van der Waals surface area contributed by atoms with Crippen LogP contribution in [0.4, 0.5) is 0 Å². The lowest BCUT2D eigenvalue weighted by molar-refractivity contribution is -0.138. The molecule has 0 aromatic heterocycles. The molecule has 0 aliphatic heterocycles. The van der Waals surface area contributed by atoms with Crippen LogP contribution in [-0.2, 0) is 4.79 Å². The van der Waals surface area contributed by atoms with Gasteiger partial charge >= 0.3 is 5.97 Å². The molecule has 0 bridgehead atoms. The normalized spacial score (nSPS) is 12.5. The molecule has 0 saturated heterocycles. The van der Waals surface area contributed by atoms with Gasteiger partial charge in [-0.15, -0.1) is 0 Å². The van der Waals surface area contributed by atoms with Gasteiger partial charge in [-0.2, -0.15) is 0 Å². The van der Waals surface area contributed by atoms with Crippen LogP contribution in [0, 0.1) is 13.8 Å². The van der Waals surface area contributed by atoms with E-state index in [1.165, 1.54) is 13.0 Å². The topological polar surface area (TPSA) is 57.5 Å². The summed E-state index contributed by atoms with van der Waals surface area (Å²) in [5.41, 5.74) is 1.76. The fraction of sp³-hybridized carbons (Fsp3) is 0.364. The van der Waals surface area contributed by atoms with Gasteiger partial charge in [0.25, 0.3) is 0 Å². The van der Waals surface area contributed by atoms with E-state index >= 15 is 0 Å². The number of carboxylic acids is 1. The van der Waals surface area contributed by atoms with Gasteiger partial charge in [0.2, 0.25) is 0 Å². The number of carboxylic acid groups (broad SMARTS) is 1. The number of benzene rings is 1. The number of phenolic OH excluding ortho intramolecular Hbond substituents is 1. The third-order valence-electron chi connectivity index (χ3n) is 2.51. The first-order valence-corrected chi connectivity index (χ1v) is 4.95. The maximum Gasteiger partial charge on any atom is 0.310 e. The Labute approximate surface area is 93.3 Å². The summed E-state index contributed by atoms with van der Waals surface area (Å²) in [5, 5.41) is 19.1. The van der Waals surface area contributed by atoms with E-state index in [1.807, 2.05) is 0 Å².